The minimum atomic E-state index is -1.54. The Morgan fingerprint density at radius 1 is 1.04 bits per heavy atom. The Morgan fingerprint density at radius 3 is 2.43 bits per heavy atom. The number of fused-ring (bicyclic) bond motifs is 5. The third kappa shape index (κ3) is 2.82. The molecule has 4 rings (SSSR count). The van der Waals surface area contributed by atoms with Crippen molar-refractivity contribution in [3.63, 3.8) is 0 Å². The third-order valence-corrected chi connectivity index (χ3v) is 10.0. The lowest BCUT2D eigenvalue weighted by atomic mass is 9.43. The maximum atomic E-state index is 12.3. The molecule has 0 aromatic heterocycles. The summed E-state index contributed by atoms with van der Waals surface area (Å²) in [4.78, 5) is 12.3. The molecule has 0 spiro atoms. The zero-order valence-electron chi connectivity index (χ0n) is 18.3. The highest BCUT2D eigenvalue weighted by atomic mass is 16.5. The van der Waals surface area contributed by atoms with Crippen molar-refractivity contribution in [3.8, 4) is 11.8 Å². The average Bonchev–Trinajstić information content (AvgIpc) is 2.79. The van der Waals surface area contributed by atoms with Crippen molar-refractivity contribution in [2.24, 2.45) is 51.8 Å². The molecular weight excluding hydrogens is 348 g/mol. The van der Waals surface area contributed by atoms with Crippen molar-refractivity contribution in [1.82, 2.24) is 0 Å². The van der Waals surface area contributed by atoms with Gasteiger partial charge in [0.2, 0.25) is 6.29 Å². The Labute approximate surface area is 170 Å². The van der Waals surface area contributed by atoms with Crippen LogP contribution in [0.1, 0.15) is 79.6 Å². The van der Waals surface area contributed by atoms with Gasteiger partial charge in [0.1, 0.15) is 5.78 Å². The van der Waals surface area contributed by atoms with E-state index < -0.39 is 6.29 Å². The van der Waals surface area contributed by atoms with E-state index in [1.54, 1.807) is 0 Å². The van der Waals surface area contributed by atoms with Crippen LogP contribution in [0.5, 0.6) is 0 Å². The second-order valence-electron chi connectivity index (χ2n) is 11.7. The number of Topliss-reactive ketones (excluding diaryl/α,β-unsaturated/α-hetero) is 1. The fourth-order valence-electron chi connectivity index (χ4n) is 8.67. The molecule has 0 bridgehead atoms. The molecule has 0 saturated heterocycles. The van der Waals surface area contributed by atoms with E-state index in [9.17, 15) is 15.0 Å². The van der Waals surface area contributed by atoms with Gasteiger partial charge in [0, 0.05) is 18.8 Å². The predicted molar refractivity (Wildman–Crippen MR) is 110 cm³/mol. The summed E-state index contributed by atoms with van der Waals surface area (Å²) in [5.41, 5.74) is 0.554. The summed E-state index contributed by atoms with van der Waals surface area (Å²) in [7, 11) is 0. The number of carbonyl (C=O) groups excluding carboxylic acids is 1. The topological polar surface area (TPSA) is 57.5 Å². The van der Waals surface area contributed by atoms with Gasteiger partial charge in [-0.15, -0.1) is 0 Å². The second kappa shape index (κ2) is 6.58. The lowest BCUT2D eigenvalue weighted by Gasteiger charge is -2.62. The molecule has 0 aromatic rings. The Morgan fingerprint density at radius 2 is 1.75 bits per heavy atom. The van der Waals surface area contributed by atoms with E-state index in [-0.39, 0.29) is 16.7 Å². The molecule has 0 amide bonds. The molecule has 4 aliphatic carbocycles. The lowest BCUT2D eigenvalue weighted by Crippen LogP contribution is -2.56. The Bertz CT molecular complexity index is 713. The van der Waals surface area contributed by atoms with Crippen LogP contribution < -0.4 is 0 Å². The van der Waals surface area contributed by atoms with E-state index in [4.69, 9.17) is 0 Å². The Balaban J connectivity index is 1.68. The molecular formula is C25H38O3. The normalized spacial score (nSPS) is 49.6. The fourth-order valence-corrected chi connectivity index (χ4v) is 8.67. The van der Waals surface area contributed by atoms with Crippen LogP contribution >= 0.6 is 0 Å². The van der Waals surface area contributed by atoms with Gasteiger partial charge in [0.05, 0.1) is 0 Å². The standard InChI is InChI=1S/C25H38O3/c1-15-12-17(26)13-16-6-7-18-19(25(15,16)5)10-11-24(4)20(18)14-23(2,3)21(24)8-9-22(27)28/h15-16,18-22,27-28H,6-7,10-14H2,1-5H3/t15?,16?,18-,19-,20+,21?,24+,25+/m1/s1. The highest BCUT2D eigenvalue weighted by Crippen LogP contribution is 2.71. The minimum absolute atomic E-state index is 0.0993. The Kier molecular flexibility index (Phi) is 4.80. The SMILES string of the molecule is CC1CC(=O)CC2CC[C@@H]3[C@@H](CC[C@]4(C)C(C#CC(O)O)C(C)(C)C[C@@H]34)[C@@]12C. The molecule has 8 atom stereocenters. The number of carbonyl (C=O) groups is 1. The zero-order chi connectivity index (χ0) is 20.5. The molecule has 0 heterocycles. The summed E-state index contributed by atoms with van der Waals surface area (Å²) >= 11 is 0. The Hall–Kier alpha value is -0.850. The molecule has 4 fully saturated rings. The molecule has 4 saturated carbocycles. The van der Waals surface area contributed by atoms with Gasteiger partial charge < -0.3 is 10.2 Å². The summed E-state index contributed by atoms with van der Waals surface area (Å²) in [5, 5.41) is 18.6. The van der Waals surface area contributed by atoms with Crippen LogP contribution in [0.3, 0.4) is 0 Å². The van der Waals surface area contributed by atoms with E-state index in [2.05, 4.69) is 46.5 Å². The zero-order valence-corrected chi connectivity index (χ0v) is 18.3. The summed E-state index contributed by atoms with van der Waals surface area (Å²) in [6.45, 7) is 11.9. The quantitative estimate of drug-likeness (QED) is 0.479. The van der Waals surface area contributed by atoms with E-state index >= 15 is 0 Å². The highest BCUT2D eigenvalue weighted by Gasteiger charge is 2.64. The van der Waals surface area contributed by atoms with Crippen molar-refractivity contribution in [2.75, 3.05) is 0 Å². The van der Waals surface area contributed by atoms with Crippen molar-refractivity contribution in [1.29, 1.82) is 0 Å². The smallest absolute Gasteiger partial charge is 0.217 e. The monoisotopic (exact) mass is 386 g/mol. The minimum Gasteiger partial charge on any atom is -0.358 e. The maximum Gasteiger partial charge on any atom is 0.217 e. The van der Waals surface area contributed by atoms with Gasteiger partial charge in [0.25, 0.3) is 0 Å². The number of aliphatic hydroxyl groups is 2. The van der Waals surface area contributed by atoms with Crippen molar-refractivity contribution in [3.05, 3.63) is 0 Å². The van der Waals surface area contributed by atoms with E-state index in [1.807, 2.05) is 0 Å². The van der Waals surface area contributed by atoms with Crippen LogP contribution in [0.4, 0.5) is 0 Å². The molecule has 3 unspecified atom stereocenters. The molecule has 156 valence electrons. The molecule has 0 aliphatic heterocycles. The van der Waals surface area contributed by atoms with Crippen LogP contribution in [0.15, 0.2) is 0 Å². The first-order valence-electron chi connectivity index (χ1n) is 11.4. The molecule has 0 aromatic carbocycles. The largest absolute Gasteiger partial charge is 0.358 e. The van der Waals surface area contributed by atoms with Gasteiger partial charge in [-0.1, -0.05) is 40.5 Å². The van der Waals surface area contributed by atoms with Gasteiger partial charge in [-0.25, -0.2) is 0 Å². The van der Waals surface area contributed by atoms with Crippen molar-refractivity contribution in [2.45, 2.75) is 85.9 Å². The van der Waals surface area contributed by atoms with Crippen LogP contribution in [0.25, 0.3) is 0 Å². The van der Waals surface area contributed by atoms with Crippen LogP contribution in [0.2, 0.25) is 0 Å². The second-order valence-corrected chi connectivity index (χ2v) is 11.7. The van der Waals surface area contributed by atoms with Gasteiger partial charge in [-0.3, -0.25) is 4.79 Å². The van der Waals surface area contributed by atoms with Gasteiger partial charge in [-0.2, -0.15) is 0 Å². The first-order chi connectivity index (χ1) is 13.0. The molecule has 28 heavy (non-hydrogen) atoms. The lowest BCUT2D eigenvalue weighted by molar-refractivity contribution is -0.150. The predicted octanol–water partition coefficient (Wildman–Crippen LogP) is 4.41. The highest BCUT2D eigenvalue weighted by molar-refractivity contribution is 5.80. The molecule has 0 radical (unpaired) electrons. The number of ketones is 1. The molecule has 4 aliphatic rings. The van der Waals surface area contributed by atoms with Crippen LogP contribution in [-0.4, -0.2) is 22.3 Å². The summed E-state index contributed by atoms with van der Waals surface area (Å²) in [6, 6.07) is 0. The number of rotatable bonds is 0. The van der Waals surface area contributed by atoms with E-state index in [0.717, 1.165) is 24.7 Å². The average molecular weight is 387 g/mol. The molecule has 3 heteroatoms. The van der Waals surface area contributed by atoms with Crippen molar-refractivity contribution >= 4 is 5.78 Å². The number of hydrogen-bond acceptors (Lipinski definition) is 3. The van der Waals surface area contributed by atoms with Crippen LogP contribution in [-0.2, 0) is 4.79 Å². The number of hydrogen-bond donors (Lipinski definition) is 2. The van der Waals surface area contributed by atoms with Crippen LogP contribution in [0, 0.1) is 63.6 Å². The fraction of sp³-hybridized carbons (Fsp3) is 0.880. The molecule has 2 N–H and O–H groups in total. The summed E-state index contributed by atoms with van der Waals surface area (Å²) in [5.74, 6) is 9.81. The summed E-state index contributed by atoms with van der Waals surface area (Å²) < 4.78 is 0. The number of aliphatic hydroxyl groups excluding tert-OH is 1. The third-order valence-electron chi connectivity index (χ3n) is 10.0. The van der Waals surface area contributed by atoms with Crippen molar-refractivity contribution < 1.29 is 15.0 Å². The maximum absolute atomic E-state index is 12.3. The summed E-state index contributed by atoms with van der Waals surface area (Å²) in [6.07, 6.45) is 6.08. The van der Waals surface area contributed by atoms with E-state index in [1.165, 1.54) is 32.1 Å². The van der Waals surface area contributed by atoms with E-state index in [0.29, 0.717) is 29.0 Å². The first kappa shape index (κ1) is 20.4. The van der Waals surface area contributed by atoms with Gasteiger partial charge in [0.15, 0.2) is 0 Å². The first-order valence-corrected chi connectivity index (χ1v) is 11.4. The van der Waals surface area contributed by atoms with Gasteiger partial charge >= 0.3 is 0 Å². The molecule has 3 nitrogen and oxygen atoms in total. The van der Waals surface area contributed by atoms with Gasteiger partial charge in [-0.05, 0) is 83.9 Å².